The summed E-state index contributed by atoms with van der Waals surface area (Å²) in [5, 5.41) is 0. The van der Waals surface area contributed by atoms with Gasteiger partial charge >= 0.3 is 5.97 Å². The lowest BCUT2D eigenvalue weighted by molar-refractivity contribution is -0.159. The van der Waals surface area contributed by atoms with Gasteiger partial charge < -0.3 is 9.47 Å². The Morgan fingerprint density at radius 2 is 1.75 bits per heavy atom. The molecule has 146 valence electrons. The van der Waals surface area contributed by atoms with E-state index in [0.717, 1.165) is 24.0 Å². The molecule has 2 saturated carbocycles. The fraction of sp³-hybridized carbons (Fsp3) is 0.400. The van der Waals surface area contributed by atoms with Gasteiger partial charge in [0.2, 0.25) is 0 Å². The third kappa shape index (κ3) is 3.84. The van der Waals surface area contributed by atoms with Crippen molar-refractivity contribution in [1.29, 1.82) is 0 Å². The lowest BCUT2D eigenvalue weighted by Crippen LogP contribution is -2.33. The number of carbonyl (C=O) groups excluding carboxylic acids is 1. The van der Waals surface area contributed by atoms with Gasteiger partial charge in [0.15, 0.2) is 6.10 Å². The van der Waals surface area contributed by atoms with Crippen molar-refractivity contribution >= 4 is 5.97 Å². The van der Waals surface area contributed by atoms with Crippen molar-refractivity contribution < 1.29 is 14.3 Å². The minimum absolute atomic E-state index is 0.0410. The van der Waals surface area contributed by atoms with Gasteiger partial charge in [-0.15, -0.1) is 0 Å². The van der Waals surface area contributed by atoms with Crippen LogP contribution < -0.4 is 4.74 Å². The molecule has 0 spiro atoms. The first kappa shape index (κ1) is 18.8. The first-order chi connectivity index (χ1) is 13.6. The van der Waals surface area contributed by atoms with E-state index in [1.807, 2.05) is 54.6 Å². The zero-order chi connectivity index (χ0) is 19.5. The Bertz CT molecular complexity index is 842. The van der Waals surface area contributed by atoms with Gasteiger partial charge in [0.1, 0.15) is 11.9 Å². The Morgan fingerprint density at radius 1 is 1.04 bits per heavy atom. The Balaban J connectivity index is 1.44. The molecule has 2 fully saturated rings. The van der Waals surface area contributed by atoms with Crippen LogP contribution in [0.2, 0.25) is 0 Å². The maximum atomic E-state index is 12.8. The van der Waals surface area contributed by atoms with Crippen molar-refractivity contribution in [2.75, 3.05) is 0 Å². The number of rotatable bonds is 5. The molecule has 4 atom stereocenters. The molecule has 3 nitrogen and oxygen atoms in total. The molecule has 2 aliphatic rings. The zero-order valence-electron chi connectivity index (χ0n) is 16.5. The third-order valence-corrected chi connectivity index (χ3v) is 6.16. The molecule has 0 heterocycles. The highest BCUT2D eigenvalue weighted by Gasteiger charge is 2.42. The summed E-state index contributed by atoms with van der Waals surface area (Å²) in [4.78, 5) is 12.8. The lowest BCUT2D eigenvalue weighted by Gasteiger charge is -2.29. The van der Waals surface area contributed by atoms with Crippen molar-refractivity contribution in [3.63, 3.8) is 0 Å². The number of hydrogen-bond acceptors (Lipinski definition) is 3. The predicted molar refractivity (Wildman–Crippen MR) is 111 cm³/mol. The number of carbonyl (C=O) groups is 1. The summed E-state index contributed by atoms with van der Waals surface area (Å²) in [6, 6.07) is 17.9. The maximum absolute atomic E-state index is 12.8. The van der Waals surface area contributed by atoms with Crippen LogP contribution in [-0.2, 0) is 9.53 Å². The smallest absolute Gasteiger partial charge is 0.347 e. The molecular weight excluding hydrogens is 348 g/mol. The van der Waals surface area contributed by atoms with Gasteiger partial charge in [0.05, 0.1) is 0 Å². The van der Waals surface area contributed by atoms with Gasteiger partial charge in [0.25, 0.3) is 0 Å². The molecule has 0 unspecified atom stereocenters. The molecule has 2 aliphatic carbocycles. The summed E-state index contributed by atoms with van der Waals surface area (Å²) in [7, 11) is 0. The summed E-state index contributed by atoms with van der Waals surface area (Å²) in [5.41, 5.74) is 3.30. The summed E-state index contributed by atoms with van der Waals surface area (Å²) in [5.74, 6) is 1.38. The molecule has 3 heteroatoms. The van der Waals surface area contributed by atoms with E-state index in [1.54, 1.807) is 6.92 Å². The second-order valence-electron chi connectivity index (χ2n) is 8.01. The molecule has 0 saturated heterocycles. The molecule has 0 radical (unpaired) electrons. The highest BCUT2D eigenvalue weighted by atomic mass is 16.6. The van der Waals surface area contributed by atoms with Crippen LogP contribution in [-0.4, -0.2) is 18.2 Å². The van der Waals surface area contributed by atoms with Gasteiger partial charge in [0, 0.05) is 17.9 Å². The molecule has 0 aromatic heterocycles. The normalized spacial score (nSPS) is 25.0. The zero-order valence-corrected chi connectivity index (χ0v) is 16.5. The molecular formula is C25H28O3. The fourth-order valence-corrected chi connectivity index (χ4v) is 4.71. The van der Waals surface area contributed by atoms with Gasteiger partial charge in [-0.1, -0.05) is 73.5 Å². The van der Waals surface area contributed by atoms with E-state index in [2.05, 4.69) is 6.58 Å². The standard InChI is InChI=1S/C25H28O3/c1-17-16-24(22-14-7-6-12-20(17)22)28-25(26)18(2)27-23-15-9-8-13-21(23)19-10-4-3-5-11-19/h3-5,8-11,13,15,18,20,22,24H,1,6-7,12,14,16H2,2H3/t18-,20+,22+,24+/m1/s1. The molecule has 0 aliphatic heterocycles. The van der Waals surface area contributed by atoms with Crippen LogP contribution in [0.4, 0.5) is 0 Å². The second-order valence-corrected chi connectivity index (χ2v) is 8.01. The van der Waals surface area contributed by atoms with Gasteiger partial charge in [-0.2, -0.15) is 0 Å². The number of hydrogen-bond donors (Lipinski definition) is 0. The number of fused-ring (bicyclic) bond motifs is 1. The van der Waals surface area contributed by atoms with Gasteiger partial charge in [-0.3, -0.25) is 0 Å². The van der Waals surface area contributed by atoms with Crippen LogP contribution in [0, 0.1) is 11.8 Å². The van der Waals surface area contributed by atoms with Crippen LogP contribution in [0.15, 0.2) is 66.7 Å². The van der Waals surface area contributed by atoms with Crippen molar-refractivity contribution in [3.8, 4) is 16.9 Å². The molecule has 28 heavy (non-hydrogen) atoms. The van der Waals surface area contributed by atoms with E-state index in [1.165, 1.54) is 24.8 Å². The predicted octanol–water partition coefficient (Wildman–Crippen LogP) is 5.80. The second kappa shape index (κ2) is 8.22. The maximum Gasteiger partial charge on any atom is 0.347 e. The number of para-hydroxylation sites is 1. The molecule has 0 bridgehead atoms. The largest absolute Gasteiger partial charge is 0.478 e. The van der Waals surface area contributed by atoms with Crippen molar-refractivity contribution in [2.24, 2.45) is 11.8 Å². The quantitative estimate of drug-likeness (QED) is 0.489. The van der Waals surface area contributed by atoms with Crippen molar-refractivity contribution in [2.45, 2.75) is 51.2 Å². The Kier molecular flexibility index (Phi) is 5.52. The van der Waals surface area contributed by atoms with Crippen LogP contribution >= 0.6 is 0 Å². The van der Waals surface area contributed by atoms with Crippen LogP contribution in [0.25, 0.3) is 11.1 Å². The van der Waals surface area contributed by atoms with E-state index in [-0.39, 0.29) is 12.1 Å². The van der Waals surface area contributed by atoms with E-state index < -0.39 is 6.10 Å². The summed E-state index contributed by atoms with van der Waals surface area (Å²) in [6.45, 7) is 6.00. The third-order valence-electron chi connectivity index (χ3n) is 6.16. The number of esters is 1. The molecule has 2 aromatic carbocycles. The van der Waals surface area contributed by atoms with E-state index in [9.17, 15) is 4.79 Å². The van der Waals surface area contributed by atoms with Crippen molar-refractivity contribution in [3.05, 3.63) is 66.7 Å². The van der Waals surface area contributed by atoms with Crippen LogP contribution in [0.1, 0.15) is 39.0 Å². The molecule has 0 N–H and O–H groups in total. The topological polar surface area (TPSA) is 35.5 Å². The van der Waals surface area contributed by atoms with Gasteiger partial charge in [-0.05, 0) is 37.3 Å². The first-order valence-electron chi connectivity index (χ1n) is 10.3. The van der Waals surface area contributed by atoms with E-state index in [0.29, 0.717) is 17.6 Å². The summed E-state index contributed by atoms with van der Waals surface area (Å²) >= 11 is 0. The van der Waals surface area contributed by atoms with Gasteiger partial charge in [-0.25, -0.2) is 4.79 Å². The Morgan fingerprint density at radius 3 is 2.57 bits per heavy atom. The average Bonchev–Trinajstić information content (AvgIpc) is 3.05. The Labute approximate surface area is 167 Å². The summed E-state index contributed by atoms with van der Waals surface area (Å²) in [6.07, 6.45) is 4.91. The highest BCUT2D eigenvalue weighted by molar-refractivity contribution is 5.76. The molecule has 2 aromatic rings. The Hall–Kier alpha value is -2.55. The minimum atomic E-state index is -0.652. The molecule has 4 rings (SSSR count). The SMILES string of the molecule is C=C1C[C@H](OC(=O)[C@@H](C)Oc2ccccc2-c2ccccc2)[C@H]2CCCC[C@@H]12. The fourth-order valence-electron chi connectivity index (χ4n) is 4.71. The van der Waals surface area contributed by atoms with Crippen LogP contribution in [0.3, 0.4) is 0 Å². The minimum Gasteiger partial charge on any atom is -0.478 e. The van der Waals surface area contributed by atoms with E-state index >= 15 is 0 Å². The summed E-state index contributed by atoms with van der Waals surface area (Å²) < 4.78 is 11.9. The van der Waals surface area contributed by atoms with Crippen molar-refractivity contribution in [1.82, 2.24) is 0 Å². The number of ether oxygens (including phenoxy) is 2. The highest BCUT2D eigenvalue weighted by Crippen LogP contribution is 2.46. The number of benzene rings is 2. The monoisotopic (exact) mass is 376 g/mol. The van der Waals surface area contributed by atoms with E-state index in [4.69, 9.17) is 9.47 Å². The average molecular weight is 376 g/mol. The first-order valence-corrected chi connectivity index (χ1v) is 10.3. The lowest BCUT2D eigenvalue weighted by atomic mass is 9.80. The molecule has 0 amide bonds. The van der Waals surface area contributed by atoms with Crippen LogP contribution in [0.5, 0.6) is 5.75 Å².